The molecule has 0 atom stereocenters. The topological polar surface area (TPSA) is 47.9 Å². The van der Waals surface area contributed by atoms with E-state index in [1.165, 1.54) is 11.8 Å². The van der Waals surface area contributed by atoms with Crippen LogP contribution in [0.1, 0.15) is 18.1 Å². The van der Waals surface area contributed by atoms with Crippen molar-refractivity contribution in [2.45, 2.75) is 13.5 Å². The molecule has 4 nitrogen and oxygen atoms in total. The van der Waals surface area contributed by atoms with E-state index in [0.29, 0.717) is 23.8 Å². The van der Waals surface area contributed by atoms with Gasteiger partial charge in [-0.05, 0) is 46.9 Å². The van der Waals surface area contributed by atoms with Crippen molar-refractivity contribution in [3.05, 3.63) is 65.4 Å². The number of hydrogen-bond acceptors (Lipinski definition) is 6. The van der Waals surface area contributed by atoms with Crippen molar-refractivity contribution in [1.29, 1.82) is 0 Å². The second-order valence-corrected chi connectivity index (χ2v) is 7.89. The first-order valence-electron chi connectivity index (χ1n) is 8.19. The number of carbonyl (C=O) groups is 1. The molecule has 6 heteroatoms. The van der Waals surface area contributed by atoms with E-state index in [1.54, 1.807) is 24.9 Å². The van der Waals surface area contributed by atoms with E-state index in [1.807, 2.05) is 55.5 Å². The minimum absolute atomic E-state index is 0.0238. The molecule has 0 N–H and O–H groups in total. The van der Waals surface area contributed by atoms with Gasteiger partial charge in [0.25, 0.3) is 0 Å². The second kappa shape index (κ2) is 8.96. The van der Waals surface area contributed by atoms with E-state index < -0.39 is 0 Å². The molecule has 0 aromatic heterocycles. The van der Waals surface area contributed by atoms with Crippen molar-refractivity contribution in [3.63, 3.8) is 0 Å². The molecule has 0 bridgehead atoms. The quantitative estimate of drug-likeness (QED) is 0.655. The lowest BCUT2D eigenvalue weighted by molar-refractivity contribution is -0.107. The van der Waals surface area contributed by atoms with Crippen LogP contribution in [0.4, 0.5) is 0 Å². The van der Waals surface area contributed by atoms with Crippen molar-refractivity contribution in [2.24, 2.45) is 4.99 Å². The maximum Gasteiger partial charge on any atom is 0.244 e. The SMILES string of the molecule is CCSC1=N/C(=C\c2ccc(OCc3ccccc3)c(OC)c2)C(=O)S1. The third kappa shape index (κ3) is 4.71. The summed E-state index contributed by atoms with van der Waals surface area (Å²) in [6, 6.07) is 15.6. The molecule has 2 aromatic rings. The van der Waals surface area contributed by atoms with E-state index >= 15 is 0 Å². The average Bonchev–Trinajstić information content (AvgIpc) is 3.00. The van der Waals surface area contributed by atoms with Crippen LogP contribution in [0, 0.1) is 0 Å². The highest BCUT2D eigenvalue weighted by molar-refractivity contribution is 8.45. The summed E-state index contributed by atoms with van der Waals surface area (Å²) in [6.07, 6.45) is 1.78. The van der Waals surface area contributed by atoms with Gasteiger partial charge in [0, 0.05) is 0 Å². The lowest BCUT2D eigenvalue weighted by Gasteiger charge is -2.11. The van der Waals surface area contributed by atoms with Gasteiger partial charge in [0.05, 0.1) is 7.11 Å². The van der Waals surface area contributed by atoms with Gasteiger partial charge < -0.3 is 9.47 Å². The minimum atomic E-state index is -0.0238. The van der Waals surface area contributed by atoms with Crippen LogP contribution in [0.2, 0.25) is 0 Å². The fourth-order valence-electron chi connectivity index (χ4n) is 2.36. The van der Waals surface area contributed by atoms with E-state index in [9.17, 15) is 4.79 Å². The van der Waals surface area contributed by atoms with Crippen LogP contribution in [0.15, 0.2) is 59.2 Å². The van der Waals surface area contributed by atoms with E-state index in [4.69, 9.17) is 9.47 Å². The van der Waals surface area contributed by atoms with Crippen molar-refractivity contribution in [3.8, 4) is 11.5 Å². The van der Waals surface area contributed by atoms with Gasteiger partial charge >= 0.3 is 0 Å². The third-order valence-corrected chi connectivity index (χ3v) is 5.49. The molecule has 1 heterocycles. The van der Waals surface area contributed by atoms with Crippen molar-refractivity contribution in [2.75, 3.05) is 12.9 Å². The van der Waals surface area contributed by atoms with Gasteiger partial charge in [0.1, 0.15) is 16.7 Å². The highest BCUT2D eigenvalue weighted by atomic mass is 32.2. The summed E-state index contributed by atoms with van der Waals surface area (Å²) in [5.74, 6) is 2.19. The monoisotopic (exact) mass is 385 g/mol. The highest BCUT2D eigenvalue weighted by Crippen LogP contribution is 2.33. The van der Waals surface area contributed by atoms with Crippen molar-refractivity contribution in [1.82, 2.24) is 0 Å². The number of nitrogens with zero attached hydrogens (tertiary/aromatic N) is 1. The van der Waals surface area contributed by atoms with Crippen molar-refractivity contribution >= 4 is 39.1 Å². The van der Waals surface area contributed by atoms with E-state index in [0.717, 1.165) is 21.3 Å². The summed E-state index contributed by atoms with van der Waals surface area (Å²) < 4.78 is 12.1. The van der Waals surface area contributed by atoms with Crippen LogP contribution in [-0.4, -0.2) is 22.4 Å². The smallest absolute Gasteiger partial charge is 0.244 e. The van der Waals surface area contributed by atoms with Crippen LogP contribution in [-0.2, 0) is 11.4 Å². The van der Waals surface area contributed by atoms with Crippen LogP contribution in [0.25, 0.3) is 6.08 Å². The normalized spacial score (nSPS) is 15.2. The van der Waals surface area contributed by atoms with Crippen LogP contribution in [0.5, 0.6) is 11.5 Å². The van der Waals surface area contributed by atoms with Crippen LogP contribution < -0.4 is 9.47 Å². The summed E-state index contributed by atoms with van der Waals surface area (Å²) in [5, 5.41) is -0.0238. The Bertz CT molecular complexity index is 847. The maximum atomic E-state index is 12.1. The number of aliphatic imine (C=N–C) groups is 1. The molecule has 3 rings (SSSR count). The first kappa shape index (κ1) is 18.6. The highest BCUT2D eigenvalue weighted by Gasteiger charge is 2.22. The fourth-order valence-corrected chi connectivity index (χ4v) is 4.10. The van der Waals surface area contributed by atoms with Crippen molar-refractivity contribution < 1.29 is 14.3 Å². The predicted molar refractivity (Wildman–Crippen MR) is 110 cm³/mol. The number of hydrogen-bond donors (Lipinski definition) is 0. The lowest BCUT2D eigenvalue weighted by Crippen LogP contribution is -1.98. The Labute approximate surface area is 161 Å². The molecule has 2 aromatic carbocycles. The Morgan fingerprint density at radius 2 is 1.96 bits per heavy atom. The summed E-state index contributed by atoms with van der Waals surface area (Å²) in [6.45, 7) is 2.51. The molecular weight excluding hydrogens is 366 g/mol. The Morgan fingerprint density at radius 3 is 2.69 bits per heavy atom. The number of carbonyl (C=O) groups excluding carboxylic acids is 1. The largest absolute Gasteiger partial charge is 0.493 e. The number of thioether (sulfide) groups is 2. The fraction of sp³-hybridized carbons (Fsp3) is 0.200. The molecule has 0 fully saturated rings. The summed E-state index contributed by atoms with van der Waals surface area (Å²) >= 11 is 2.76. The van der Waals surface area contributed by atoms with E-state index in [-0.39, 0.29) is 5.12 Å². The number of methoxy groups -OCH3 is 1. The van der Waals surface area contributed by atoms with Crippen LogP contribution >= 0.6 is 23.5 Å². The molecule has 0 saturated heterocycles. The lowest BCUT2D eigenvalue weighted by atomic mass is 10.1. The molecule has 0 spiro atoms. The Kier molecular flexibility index (Phi) is 6.41. The first-order valence-corrected chi connectivity index (χ1v) is 10.00. The molecular formula is C20H19NO3S2. The van der Waals surface area contributed by atoms with Crippen LogP contribution in [0.3, 0.4) is 0 Å². The van der Waals surface area contributed by atoms with Gasteiger partial charge in [0.15, 0.2) is 11.5 Å². The Morgan fingerprint density at radius 1 is 1.15 bits per heavy atom. The van der Waals surface area contributed by atoms with E-state index in [2.05, 4.69) is 4.99 Å². The number of rotatable bonds is 6. The minimum Gasteiger partial charge on any atom is -0.493 e. The zero-order valence-corrected chi connectivity index (χ0v) is 16.2. The summed E-state index contributed by atoms with van der Waals surface area (Å²) in [4.78, 5) is 16.4. The van der Waals surface area contributed by atoms with Gasteiger partial charge in [0.2, 0.25) is 5.12 Å². The van der Waals surface area contributed by atoms with Gasteiger partial charge in [-0.1, -0.05) is 55.1 Å². The number of benzene rings is 2. The molecule has 0 amide bonds. The Balaban J connectivity index is 1.76. The first-order chi connectivity index (χ1) is 12.7. The molecule has 0 saturated carbocycles. The zero-order valence-electron chi connectivity index (χ0n) is 14.6. The third-order valence-electron chi connectivity index (χ3n) is 3.60. The molecule has 1 aliphatic rings. The Hall–Kier alpha value is -2.18. The standard InChI is InChI=1S/C20H19NO3S2/c1-3-25-20-21-16(19(22)26-20)11-15-9-10-17(18(12-15)23-2)24-13-14-7-5-4-6-8-14/h4-12H,3,13H2,1-2H3/b16-11-. The molecule has 1 aliphatic heterocycles. The molecule has 0 aliphatic carbocycles. The molecule has 0 radical (unpaired) electrons. The molecule has 26 heavy (non-hydrogen) atoms. The van der Waals surface area contributed by atoms with Gasteiger partial charge in [-0.3, -0.25) is 4.79 Å². The van der Waals surface area contributed by atoms with Gasteiger partial charge in [-0.15, -0.1) is 0 Å². The average molecular weight is 386 g/mol. The summed E-state index contributed by atoms with van der Waals surface area (Å²) in [5.41, 5.74) is 2.40. The maximum absolute atomic E-state index is 12.1. The zero-order chi connectivity index (χ0) is 18.4. The second-order valence-electron chi connectivity index (χ2n) is 5.41. The molecule has 0 unspecified atom stereocenters. The predicted octanol–water partition coefficient (Wildman–Crippen LogP) is 5.00. The number of ether oxygens (including phenoxy) is 2. The summed E-state index contributed by atoms with van der Waals surface area (Å²) in [7, 11) is 1.60. The van der Waals surface area contributed by atoms with Gasteiger partial charge in [-0.25, -0.2) is 4.99 Å². The van der Waals surface area contributed by atoms with Gasteiger partial charge in [-0.2, -0.15) is 0 Å². The molecule has 134 valence electrons.